The molecular formula is C14H24ClN3O2S. The number of nitrogens with two attached hydrogens (primary N) is 1. The number of hydrogen-bond donors (Lipinski definition) is 2. The summed E-state index contributed by atoms with van der Waals surface area (Å²) >= 11 is 5.95. The molecule has 1 aromatic rings. The Bertz CT molecular complexity index is 553. The van der Waals surface area contributed by atoms with Gasteiger partial charge in [-0.25, -0.2) is 13.1 Å². The molecule has 0 heterocycles. The molecule has 0 amide bonds. The van der Waals surface area contributed by atoms with E-state index < -0.39 is 10.0 Å². The lowest BCUT2D eigenvalue weighted by Gasteiger charge is -2.19. The molecule has 5 nitrogen and oxygen atoms in total. The second kappa shape index (κ2) is 7.98. The van der Waals surface area contributed by atoms with Gasteiger partial charge >= 0.3 is 0 Å². The van der Waals surface area contributed by atoms with Crippen LogP contribution in [-0.2, 0) is 10.0 Å². The third-order valence-corrected chi connectivity index (χ3v) is 5.23. The highest BCUT2D eigenvalue weighted by molar-refractivity contribution is 7.89. The molecule has 0 bridgehead atoms. The zero-order valence-electron chi connectivity index (χ0n) is 12.8. The molecule has 0 fully saturated rings. The predicted octanol–water partition coefficient (Wildman–Crippen LogP) is 2.24. The van der Waals surface area contributed by atoms with Gasteiger partial charge in [0.05, 0.1) is 15.6 Å². The molecule has 0 aliphatic heterocycles. The molecule has 0 aliphatic carbocycles. The maximum absolute atomic E-state index is 12.2. The summed E-state index contributed by atoms with van der Waals surface area (Å²) in [6.45, 7) is 8.83. The van der Waals surface area contributed by atoms with Crippen molar-refractivity contribution in [3.63, 3.8) is 0 Å². The Morgan fingerprint density at radius 2 is 1.95 bits per heavy atom. The van der Waals surface area contributed by atoms with Crippen LogP contribution in [0.4, 0.5) is 5.69 Å². The van der Waals surface area contributed by atoms with Crippen molar-refractivity contribution in [2.75, 3.05) is 31.9 Å². The average molecular weight is 334 g/mol. The maximum Gasteiger partial charge on any atom is 0.240 e. The van der Waals surface area contributed by atoms with E-state index in [-0.39, 0.29) is 10.6 Å². The number of nitrogens with one attached hydrogen (secondary N) is 1. The number of halogens is 1. The van der Waals surface area contributed by atoms with E-state index >= 15 is 0 Å². The van der Waals surface area contributed by atoms with Crippen LogP contribution in [0.5, 0.6) is 0 Å². The van der Waals surface area contributed by atoms with Gasteiger partial charge in [-0.2, -0.15) is 0 Å². The summed E-state index contributed by atoms with van der Waals surface area (Å²) in [6, 6.07) is 2.92. The molecule has 0 radical (unpaired) electrons. The smallest absolute Gasteiger partial charge is 0.240 e. The van der Waals surface area contributed by atoms with Crippen molar-refractivity contribution >= 4 is 27.3 Å². The van der Waals surface area contributed by atoms with Gasteiger partial charge in [0.15, 0.2) is 0 Å². The van der Waals surface area contributed by atoms with Crippen LogP contribution in [0.1, 0.15) is 25.8 Å². The largest absolute Gasteiger partial charge is 0.397 e. The van der Waals surface area contributed by atoms with E-state index in [4.69, 9.17) is 17.3 Å². The van der Waals surface area contributed by atoms with Crippen LogP contribution in [0.2, 0.25) is 5.02 Å². The summed E-state index contributed by atoms with van der Waals surface area (Å²) in [7, 11) is -3.56. The van der Waals surface area contributed by atoms with Crippen molar-refractivity contribution in [3.05, 3.63) is 22.7 Å². The van der Waals surface area contributed by atoms with E-state index in [1.165, 1.54) is 12.1 Å². The van der Waals surface area contributed by atoms with Crippen molar-refractivity contribution < 1.29 is 8.42 Å². The first kappa shape index (κ1) is 18.2. The van der Waals surface area contributed by atoms with E-state index in [1.807, 2.05) is 0 Å². The highest BCUT2D eigenvalue weighted by atomic mass is 35.5. The number of nitrogens with zero attached hydrogens (tertiary/aromatic N) is 1. The molecule has 7 heteroatoms. The Morgan fingerprint density at radius 3 is 2.48 bits per heavy atom. The van der Waals surface area contributed by atoms with Gasteiger partial charge < -0.3 is 10.6 Å². The summed E-state index contributed by atoms with van der Waals surface area (Å²) in [5, 5.41) is 0.397. The van der Waals surface area contributed by atoms with Crippen LogP contribution in [-0.4, -0.2) is 39.5 Å². The first-order valence-corrected chi connectivity index (χ1v) is 8.95. The van der Waals surface area contributed by atoms with Crippen molar-refractivity contribution in [1.29, 1.82) is 0 Å². The SMILES string of the molecule is CCCN(CC)CCNS(=O)(=O)c1cc(C)c(Cl)c(N)c1. The molecule has 0 aromatic heterocycles. The van der Waals surface area contributed by atoms with Gasteiger partial charge in [-0.15, -0.1) is 0 Å². The monoisotopic (exact) mass is 333 g/mol. The Balaban J connectivity index is 2.74. The number of nitrogen functional groups attached to an aromatic ring is 1. The topological polar surface area (TPSA) is 75.4 Å². The van der Waals surface area contributed by atoms with E-state index in [0.29, 0.717) is 23.7 Å². The standard InChI is InChI=1S/C14H24ClN3O2S/c1-4-7-18(5-2)8-6-17-21(19,20)12-9-11(3)14(15)13(16)10-12/h9-10,17H,4-8,16H2,1-3H3. The van der Waals surface area contributed by atoms with Crippen molar-refractivity contribution in [2.45, 2.75) is 32.1 Å². The lowest BCUT2D eigenvalue weighted by atomic mass is 10.2. The Morgan fingerprint density at radius 1 is 1.29 bits per heavy atom. The van der Waals surface area contributed by atoms with E-state index in [1.54, 1.807) is 6.92 Å². The summed E-state index contributed by atoms with van der Waals surface area (Å²) in [4.78, 5) is 2.35. The normalized spacial score (nSPS) is 12.0. The fraction of sp³-hybridized carbons (Fsp3) is 0.571. The summed E-state index contributed by atoms with van der Waals surface area (Å²) in [6.07, 6.45) is 1.05. The van der Waals surface area contributed by atoms with Gasteiger partial charge in [0.25, 0.3) is 0 Å². The molecule has 0 spiro atoms. The van der Waals surface area contributed by atoms with E-state index in [0.717, 1.165) is 19.5 Å². The minimum absolute atomic E-state index is 0.153. The molecule has 0 saturated carbocycles. The third-order valence-electron chi connectivity index (χ3n) is 3.27. The average Bonchev–Trinajstić information content (AvgIpc) is 2.43. The van der Waals surface area contributed by atoms with Crippen molar-refractivity contribution in [2.24, 2.45) is 0 Å². The van der Waals surface area contributed by atoms with E-state index in [9.17, 15) is 8.42 Å². The molecule has 1 rings (SSSR count). The molecule has 1 aromatic carbocycles. The summed E-state index contributed by atoms with van der Waals surface area (Å²) in [5.74, 6) is 0. The van der Waals surface area contributed by atoms with Gasteiger partial charge in [-0.1, -0.05) is 25.4 Å². The molecule has 0 atom stereocenters. The molecular weight excluding hydrogens is 310 g/mol. The Kier molecular flexibility index (Phi) is 6.93. The Labute approximate surface area is 132 Å². The highest BCUT2D eigenvalue weighted by Crippen LogP contribution is 2.26. The van der Waals surface area contributed by atoms with Gasteiger partial charge in [-0.05, 0) is 44.1 Å². The van der Waals surface area contributed by atoms with Gasteiger partial charge in [-0.3, -0.25) is 0 Å². The van der Waals surface area contributed by atoms with Crippen molar-refractivity contribution in [1.82, 2.24) is 9.62 Å². The lowest BCUT2D eigenvalue weighted by molar-refractivity contribution is 0.293. The van der Waals surface area contributed by atoms with Gasteiger partial charge in [0, 0.05) is 13.1 Å². The first-order chi connectivity index (χ1) is 9.81. The van der Waals surface area contributed by atoms with Gasteiger partial charge in [0.1, 0.15) is 0 Å². The third kappa shape index (κ3) is 5.14. The fourth-order valence-electron chi connectivity index (χ4n) is 2.08. The number of hydrogen-bond acceptors (Lipinski definition) is 4. The molecule has 21 heavy (non-hydrogen) atoms. The van der Waals surface area contributed by atoms with Gasteiger partial charge in [0.2, 0.25) is 10.0 Å². The molecule has 0 aliphatic rings. The fourth-order valence-corrected chi connectivity index (χ4v) is 3.33. The number of benzene rings is 1. The summed E-state index contributed by atoms with van der Waals surface area (Å²) in [5.41, 5.74) is 6.65. The zero-order chi connectivity index (χ0) is 16.0. The van der Waals surface area contributed by atoms with Crippen LogP contribution in [0.25, 0.3) is 0 Å². The maximum atomic E-state index is 12.2. The number of aryl methyl sites for hydroxylation is 1. The Hall–Kier alpha value is -0.820. The highest BCUT2D eigenvalue weighted by Gasteiger charge is 2.16. The number of anilines is 1. The predicted molar refractivity (Wildman–Crippen MR) is 88.2 cm³/mol. The quantitative estimate of drug-likeness (QED) is 0.715. The van der Waals surface area contributed by atoms with Crippen LogP contribution >= 0.6 is 11.6 Å². The van der Waals surface area contributed by atoms with Crippen LogP contribution in [0.15, 0.2) is 17.0 Å². The number of rotatable bonds is 8. The van der Waals surface area contributed by atoms with Crippen LogP contribution in [0, 0.1) is 6.92 Å². The number of sulfonamides is 1. The second-order valence-corrected chi connectivity index (χ2v) is 7.12. The molecule has 0 saturated heterocycles. The first-order valence-electron chi connectivity index (χ1n) is 7.09. The molecule has 120 valence electrons. The van der Waals surface area contributed by atoms with Crippen molar-refractivity contribution in [3.8, 4) is 0 Å². The van der Waals surface area contributed by atoms with E-state index in [2.05, 4.69) is 23.5 Å². The van der Waals surface area contributed by atoms with Crippen LogP contribution < -0.4 is 10.5 Å². The zero-order valence-corrected chi connectivity index (χ0v) is 14.4. The number of likely N-dealkylation sites (N-methyl/N-ethyl adjacent to an activating group) is 1. The minimum Gasteiger partial charge on any atom is -0.397 e. The summed E-state index contributed by atoms with van der Waals surface area (Å²) < 4.78 is 27.1. The minimum atomic E-state index is -3.56. The molecule has 0 unspecified atom stereocenters. The molecule has 3 N–H and O–H groups in total. The lowest BCUT2D eigenvalue weighted by Crippen LogP contribution is -2.35. The van der Waals surface area contributed by atoms with Crippen LogP contribution in [0.3, 0.4) is 0 Å². The second-order valence-electron chi connectivity index (χ2n) is 4.98.